The SMILES string of the molecule is CC(C)[Si](OC(=O)C(F)(F)S(=O)(=O)O)(C(C)C)C(C)C. The molecular weight excluding hydrogens is 310 g/mol. The summed E-state index contributed by atoms with van der Waals surface area (Å²) in [4.78, 5) is 11.6. The topological polar surface area (TPSA) is 80.7 Å². The second kappa shape index (κ2) is 6.06. The van der Waals surface area contributed by atoms with Gasteiger partial charge < -0.3 is 4.43 Å². The van der Waals surface area contributed by atoms with Crippen LogP contribution in [0.5, 0.6) is 0 Å². The van der Waals surface area contributed by atoms with Gasteiger partial charge in [0.05, 0.1) is 0 Å². The van der Waals surface area contributed by atoms with Crippen LogP contribution in [0.1, 0.15) is 41.5 Å². The van der Waals surface area contributed by atoms with Crippen molar-refractivity contribution in [2.75, 3.05) is 0 Å². The summed E-state index contributed by atoms with van der Waals surface area (Å²) >= 11 is 0. The lowest BCUT2D eigenvalue weighted by atomic mass is 10.5. The monoisotopic (exact) mass is 332 g/mol. The fourth-order valence-corrected chi connectivity index (χ4v) is 8.16. The van der Waals surface area contributed by atoms with Crippen LogP contribution >= 0.6 is 0 Å². The third-order valence-electron chi connectivity index (χ3n) is 3.54. The average Bonchev–Trinajstić information content (AvgIpc) is 2.21. The summed E-state index contributed by atoms with van der Waals surface area (Å²) in [7, 11) is -8.82. The molecule has 0 atom stereocenters. The van der Waals surface area contributed by atoms with Gasteiger partial charge in [-0.25, -0.2) is 4.79 Å². The van der Waals surface area contributed by atoms with Gasteiger partial charge in [-0.3, -0.25) is 4.55 Å². The first-order chi connectivity index (χ1) is 8.71. The average molecular weight is 332 g/mol. The van der Waals surface area contributed by atoms with E-state index in [0.717, 1.165) is 0 Å². The summed E-state index contributed by atoms with van der Waals surface area (Å²) in [6.07, 6.45) is 0. The van der Waals surface area contributed by atoms with Gasteiger partial charge in [-0.2, -0.15) is 17.2 Å². The van der Waals surface area contributed by atoms with Crippen molar-refractivity contribution in [3.05, 3.63) is 0 Å². The zero-order valence-corrected chi connectivity index (χ0v) is 14.3. The molecule has 0 aromatic carbocycles. The highest BCUT2D eigenvalue weighted by molar-refractivity contribution is 7.87. The van der Waals surface area contributed by atoms with Crippen LogP contribution in [0.2, 0.25) is 16.6 Å². The first-order valence-corrected chi connectivity index (χ1v) is 9.87. The molecule has 9 heteroatoms. The van der Waals surface area contributed by atoms with Gasteiger partial charge in [0, 0.05) is 0 Å². The van der Waals surface area contributed by atoms with Crippen molar-refractivity contribution < 1.29 is 31.0 Å². The number of alkyl halides is 2. The molecule has 0 fully saturated rings. The standard InChI is InChI=1S/C11H22F2O5SSi/c1-7(2)20(8(3)4,9(5)6)18-10(14)11(12,13)19(15,16)17/h7-9H,1-6H3,(H,15,16,17). The molecule has 0 aliphatic carbocycles. The van der Waals surface area contributed by atoms with E-state index in [4.69, 9.17) is 8.98 Å². The Balaban J connectivity index is 5.69. The summed E-state index contributed by atoms with van der Waals surface area (Å²) in [5, 5.41) is -4.94. The number of halogens is 2. The highest BCUT2D eigenvalue weighted by Gasteiger charge is 2.58. The molecule has 0 aliphatic heterocycles. The van der Waals surface area contributed by atoms with Gasteiger partial charge in [-0.05, 0) is 16.6 Å². The van der Waals surface area contributed by atoms with Gasteiger partial charge in [0.15, 0.2) is 0 Å². The first kappa shape index (κ1) is 19.5. The summed E-state index contributed by atoms with van der Waals surface area (Å²) in [6, 6.07) is 0. The van der Waals surface area contributed by atoms with Crippen molar-refractivity contribution in [1.29, 1.82) is 0 Å². The molecule has 0 aromatic rings. The maximum absolute atomic E-state index is 13.4. The maximum atomic E-state index is 13.4. The van der Waals surface area contributed by atoms with Crippen molar-refractivity contribution in [3.8, 4) is 0 Å². The molecule has 1 N–H and O–H groups in total. The summed E-state index contributed by atoms with van der Waals surface area (Å²) in [6.45, 7) is 10.5. The minimum atomic E-state index is -5.84. The van der Waals surface area contributed by atoms with Crippen LogP contribution in [0.15, 0.2) is 0 Å². The summed E-state index contributed by atoms with van der Waals surface area (Å²) < 4.78 is 61.4. The lowest BCUT2D eigenvalue weighted by molar-refractivity contribution is -0.152. The van der Waals surface area contributed by atoms with Crippen molar-refractivity contribution >= 4 is 24.4 Å². The lowest BCUT2D eigenvalue weighted by Gasteiger charge is -2.41. The van der Waals surface area contributed by atoms with Gasteiger partial charge in [0.1, 0.15) is 0 Å². The quantitative estimate of drug-likeness (QED) is 0.597. The Labute approximate surface area is 119 Å². The Kier molecular flexibility index (Phi) is 5.90. The minimum absolute atomic E-state index is 0.177. The number of carbonyl (C=O) groups excluding carboxylic acids is 1. The molecule has 20 heavy (non-hydrogen) atoms. The van der Waals surface area contributed by atoms with E-state index >= 15 is 0 Å². The maximum Gasteiger partial charge on any atom is 0.464 e. The molecule has 5 nitrogen and oxygen atoms in total. The molecule has 0 saturated heterocycles. The molecule has 0 unspecified atom stereocenters. The molecule has 0 heterocycles. The molecule has 0 spiro atoms. The van der Waals surface area contributed by atoms with Crippen LogP contribution in [-0.2, 0) is 19.3 Å². The number of hydrogen-bond acceptors (Lipinski definition) is 4. The molecule has 0 saturated carbocycles. The van der Waals surface area contributed by atoms with Crippen molar-refractivity contribution in [1.82, 2.24) is 0 Å². The van der Waals surface area contributed by atoms with E-state index in [1.54, 1.807) is 41.5 Å². The van der Waals surface area contributed by atoms with Gasteiger partial charge >= 0.3 is 21.3 Å². The van der Waals surface area contributed by atoms with E-state index in [0.29, 0.717) is 0 Å². The Morgan fingerprint density at radius 2 is 1.35 bits per heavy atom. The Hall–Kier alpha value is -0.543. The lowest BCUT2D eigenvalue weighted by Crippen LogP contribution is -2.53. The predicted octanol–water partition coefficient (Wildman–Crippen LogP) is 3.19. The van der Waals surface area contributed by atoms with Crippen molar-refractivity contribution in [2.24, 2.45) is 0 Å². The van der Waals surface area contributed by atoms with E-state index < -0.39 is 29.7 Å². The van der Waals surface area contributed by atoms with Crippen molar-refractivity contribution in [3.63, 3.8) is 0 Å². The Morgan fingerprint density at radius 1 is 1.05 bits per heavy atom. The van der Waals surface area contributed by atoms with Gasteiger partial charge in [-0.15, -0.1) is 0 Å². The van der Waals surface area contributed by atoms with E-state index in [9.17, 15) is 22.0 Å². The Morgan fingerprint density at radius 3 is 1.55 bits per heavy atom. The third-order valence-corrected chi connectivity index (χ3v) is 10.3. The molecule has 0 rings (SSSR count). The zero-order chi connectivity index (χ0) is 16.5. The van der Waals surface area contributed by atoms with E-state index in [1.165, 1.54) is 0 Å². The van der Waals surface area contributed by atoms with Crippen molar-refractivity contribution in [2.45, 2.75) is 63.4 Å². The molecule has 120 valence electrons. The molecule has 0 aliphatic rings. The van der Waals surface area contributed by atoms with E-state index in [2.05, 4.69) is 0 Å². The molecule has 0 radical (unpaired) electrons. The molecular formula is C11H22F2O5SSi. The third kappa shape index (κ3) is 3.37. The van der Waals surface area contributed by atoms with Crippen LogP contribution in [-0.4, -0.2) is 32.5 Å². The second-order valence-corrected chi connectivity index (χ2v) is 12.5. The molecule has 0 bridgehead atoms. The molecule has 0 aromatic heterocycles. The number of rotatable bonds is 6. The van der Waals surface area contributed by atoms with Crippen LogP contribution in [0.3, 0.4) is 0 Å². The normalized spacial score (nSPS) is 14.2. The van der Waals surface area contributed by atoms with Crippen LogP contribution in [0.4, 0.5) is 8.78 Å². The van der Waals surface area contributed by atoms with E-state index in [-0.39, 0.29) is 16.6 Å². The highest BCUT2D eigenvalue weighted by atomic mass is 32.2. The predicted molar refractivity (Wildman–Crippen MR) is 73.6 cm³/mol. The van der Waals surface area contributed by atoms with Crippen LogP contribution < -0.4 is 0 Å². The number of carbonyl (C=O) groups is 1. The fourth-order valence-electron chi connectivity index (χ4n) is 2.68. The van der Waals surface area contributed by atoms with Gasteiger partial charge in [-0.1, -0.05) is 41.5 Å². The van der Waals surface area contributed by atoms with Crippen LogP contribution in [0, 0.1) is 0 Å². The summed E-state index contributed by atoms with van der Waals surface area (Å²) in [5.74, 6) is -2.19. The number of hydrogen-bond donors (Lipinski definition) is 1. The largest absolute Gasteiger partial charge is 0.513 e. The summed E-state index contributed by atoms with van der Waals surface area (Å²) in [5.41, 5.74) is -0.532. The minimum Gasteiger partial charge on any atom is -0.513 e. The highest BCUT2D eigenvalue weighted by Crippen LogP contribution is 2.43. The fraction of sp³-hybridized carbons (Fsp3) is 0.909. The smallest absolute Gasteiger partial charge is 0.464 e. The zero-order valence-electron chi connectivity index (χ0n) is 12.5. The Bertz CT molecular complexity index is 438. The second-order valence-electron chi connectivity index (χ2n) is 5.70. The molecule has 0 amide bonds. The van der Waals surface area contributed by atoms with Crippen LogP contribution in [0.25, 0.3) is 0 Å². The van der Waals surface area contributed by atoms with E-state index in [1.807, 2.05) is 0 Å². The van der Waals surface area contributed by atoms with Gasteiger partial charge in [0.25, 0.3) is 8.32 Å². The first-order valence-electron chi connectivity index (χ1n) is 6.29. The van der Waals surface area contributed by atoms with Gasteiger partial charge in [0.2, 0.25) is 0 Å².